The Morgan fingerprint density at radius 2 is 1.42 bits per heavy atom. The van der Waals surface area contributed by atoms with Crippen LogP contribution in [0.3, 0.4) is 0 Å². The number of carbonyl (C=O) groups is 2. The first-order chi connectivity index (χ1) is 17.6. The summed E-state index contributed by atoms with van der Waals surface area (Å²) in [5.74, 6) is -3.32. The highest BCUT2D eigenvalue weighted by atomic mass is 19.4. The van der Waals surface area contributed by atoms with Crippen LogP contribution in [-0.2, 0) is 35.6 Å². The van der Waals surface area contributed by atoms with Gasteiger partial charge in [0.2, 0.25) is 0 Å². The standard InChI is InChI=1S/C18H27N5O.2C2HF3O2/c1-14-17(15(2)24-20-14)13-22-8-5-18-19-11-16(23(18)10-9-22)12-21-6-3-4-7-21;2*3-2(4,5)1(6)7/h11H,3-10,12-13H2,1-2H3;2*(H,6,7). The summed E-state index contributed by atoms with van der Waals surface area (Å²) in [5, 5.41) is 18.3. The van der Waals surface area contributed by atoms with Gasteiger partial charge in [-0.3, -0.25) is 9.80 Å². The monoisotopic (exact) mass is 557 g/mol. The first-order valence-electron chi connectivity index (χ1n) is 11.6. The molecule has 4 rings (SSSR count). The lowest BCUT2D eigenvalue weighted by Gasteiger charge is -2.20. The molecule has 1 saturated heterocycles. The zero-order valence-electron chi connectivity index (χ0n) is 20.8. The molecule has 16 heteroatoms. The molecule has 0 amide bonds. The van der Waals surface area contributed by atoms with E-state index < -0.39 is 24.3 Å². The topological polar surface area (TPSA) is 125 Å². The maximum Gasteiger partial charge on any atom is 0.490 e. The highest BCUT2D eigenvalue weighted by molar-refractivity contribution is 5.73. The summed E-state index contributed by atoms with van der Waals surface area (Å²) in [5.41, 5.74) is 3.64. The van der Waals surface area contributed by atoms with E-state index in [0.717, 1.165) is 50.6 Å². The second kappa shape index (κ2) is 13.1. The molecule has 0 aromatic carbocycles. The van der Waals surface area contributed by atoms with Crippen LogP contribution in [0.2, 0.25) is 0 Å². The van der Waals surface area contributed by atoms with E-state index in [-0.39, 0.29) is 0 Å². The first kappa shape index (κ1) is 31.1. The first-order valence-corrected chi connectivity index (χ1v) is 11.6. The lowest BCUT2D eigenvalue weighted by atomic mass is 10.2. The van der Waals surface area contributed by atoms with Gasteiger partial charge >= 0.3 is 24.3 Å². The van der Waals surface area contributed by atoms with Crippen LogP contribution in [0.4, 0.5) is 26.3 Å². The Morgan fingerprint density at radius 1 is 0.895 bits per heavy atom. The Kier molecular flexibility index (Phi) is 10.7. The van der Waals surface area contributed by atoms with Gasteiger partial charge in [0.05, 0.1) is 11.4 Å². The molecule has 2 aliphatic heterocycles. The number of aromatic nitrogens is 3. The second-order valence-electron chi connectivity index (χ2n) is 8.74. The molecule has 4 heterocycles. The third-order valence-electron chi connectivity index (χ3n) is 5.94. The zero-order valence-corrected chi connectivity index (χ0v) is 20.8. The van der Waals surface area contributed by atoms with Crippen molar-refractivity contribution in [1.29, 1.82) is 0 Å². The van der Waals surface area contributed by atoms with E-state index in [2.05, 4.69) is 25.7 Å². The van der Waals surface area contributed by atoms with Crippen molar-refractivity contribution in [1.82, 2.24) is 24.5 Å². The van der Waals surface area contributed by atoms with Crippen LogP contribution in [-0.4, -0.2) is 85.2 Å². The van der Waals surface area contributed by atoms with Crippen LogP contribution in [0, 0.1) is 13.8 Å². The minimum atomic E-state index is -5.08. The molecule has 2 aromatic rings. The van der Waals surface area contributed by atoms with Gasteiger partial charge < -0.3 is 19.3 Å². The third-order valence-corrected chi connectivity index (χ3v) is 5.94. The largest absolute Gasteiger partial charge is 0.490 e. The van der Waals surface area contributed by atoms with Crippen LogP contribution in [0.25, 0.3) is 0 Å². The van der Waals surface area contributed by atoms with Crippen molar-refractivity contribution >= 4 is 11.9 Å². The molecule has 38 heavy (non-hydrogen) atoms. The molecule has 0 spiro atoms. The van der Waals surface area contributed by atoms with Crippen molar-refractivity contribution in [3.05, 3.63) is 34.7 Å². The average molecular weight is 557 g/mol. The summed E-state index contributed by atoms with van der Waals surface area (Å²) in [6.45, 7) is 11.6. The van der Waals surface area contributed by atoms with Crippen molar-refractivity contribution in [2.75, 3.05) is 26.2 Å². The Morgan fingerprint density at radius 3 is 1.89 bits per heavy atom. The van der Waals surface area contributed by atoms with Crippen LogP contribution in [0.5, 0.6) is 0 Å². The predicted octanol–water partition coefficient (Wildman–Crippen LogP) is 3.41. The van der Waals surface area contributed by atoms with Gasteiger partial charge in [0, 0.05) is 50.9 Å². The molecular weight excluding hydrogens is 528 g/mol. The van der Waals surface area contributed by atoms with Crippen molar-refractivity contribution in [2.45, 2.75) is 65.1 Å². The van der Waals surface area contributed by atoms with E-state index >= 15 is 0 Å². The quantitative estimate of drug-likeness (QED) is 0.544. The van der Waals surface area contributed by atoms with Crippen LogP contribution >= 0.6 is 0 Å². The maximum atomic E-state index is 10.6. The Balaban J connectivity index is 0.000000301. The fourth-order valence-electron chi connectivity index (χ4n) is 3.94. The van der Waals surface area contributed by atoms with Crippen molar-refractivity contribution < 1.29 is 50.7 Å². The van der Waals surface area contributed by atoms with E-state index in [1.54, 1.807) is 0 Å². The fourth-order valence-corrected chi connectivity index (χ4v) is 3.94. The van der Waals surface area contributed by atoms with Gasteiger partial charge in [-0.15, -0.1) is 0 Å². The molecule has 0 saturated carbocycles. The van der Waals surface area contributed by atoms with Crippen LogP contribution in [0.1, 0.15) is 41.4 Å². The molecule has 0 radical (unpaired) electrons. The lowest BCUT2D eigenvalue weighted by Crippen LogP contribution is -2.27. The number of likely N-dealkylation sites (tertiary alicyclic amines) is 1. The van der Waals surface area contributed by atoms with Gasteiger partial charge in [0.1, 0.15) is 11.6 Å². The van der Waals surface area contributed by atoms with Crippen LogP contribution < -0.4 is 0 Å². The van der Waals surface area contributed by atoms with Crippen molar-refractivity contribution in [2.24, 2.45) is 0 Å². The molecule has 0 unspecified atom stereocenters. The van der Waals surface area contributed by atoms with Crippen molar-refractivity contribution in [3.63, 3.8) is 0 Å². The number of hydrogen-bond donors (Lipinski definition) is 2. The fraction of sp³-hybridized carbons (Fsp3) is 0.636. The average Bonchev–Trinajstić information content (AvgIpc) is 3.50. The van der Waals surface area contributed by atoms with E-state index in [1.807, 2.05) is 13.8 Å². The number of aliphatic carboxylic acids is 2. The predicted molar refractivity (Wildman–Crippen MR) is 119 cm³/mol. The van der Waals surface area contributed by atoms with E-state index in [1.165, 1.54) is 43.0 Å². The van der Waals surface area contributed by atoms with E-state index in [9.17, 15) is 26.3 Å². The summed E-state index contributed by atoms with van der Waals surface area (Å²) in [6, 6.07) is 0. The van der Waals surface area contributed by atoms with Gasteiger partial charge in [-0.05, 0) is 39.8 Å². The summed E-state index contributed by atoms with van der Waals surface area (Å²) in [7, 11) is 0. The molecule has 0 aliphatic carbocycles. The number of imidazole rings is 1. The van der Waals surface area contributed by atoms with Gasteiger partial charge in [0.25, 0.3) is 0 Å². The zero-order chi connectivity index (χ0) is 28.7. The van der Waals surface area contributed by atoms with E-state index in [0.29, 0.717) is 0 Å². The highest BCUT2D eigenvalue weighted by Gasteiger charge is 2.38. The number of nitrogens with zero attached hydrogens (tertiary/aromatic N) is 5. The molecule has 2 N–H and O–H groups in total. The Hall–Kier alpha value is -3.14. The molecule has 2 aliphatic rings. The maximum absolute atomic E-state index is 10.6. The SMILES string of the molecule is Cc1noc(C)c1CN1CCc2ncc(CN3CCCC3)n2CC1.O=C(O)C(F)(F)F.O=C(O)C(F)(F)F. The molecular formula is C22H29F6N5O5. The minimum absolute atomic E-state index is 0.924. The Labute approximate surface area is 213 Å². The number of hydrogen-bond acceptors (Lipinski definition) is 7. The molecule has 10 nitrogen and oxygen atoms in total. The molecule has 0 atom stereocenters. The molecule has 2 aromatic heterocycles. The van der Waals surface area contributed by atoms with Gasteiger partial charge in [-0.1, -0.05) is 5.16 Å². The third kappa shape index (κ3) is 9.31. The number of fused-ring (bicyclic) bond motifs is 1. The molecule has 1 fully saturated rings. The number of aryl methyl sites for hydroxylation is 2. The van der Waals surface area contributed by atoms with Gasteiger partial charge in [-0.2, -0.15) is 26.3 Å². The molecule has 0 bridgehead atoms. The highest BCUT2D eigenvalue weighted by Crippen LogP contribution is 2.20. The lowest BCUT2D eigenvalue weighted by molar-refractivity contribution is -0.193. The number of carboxylic acid groups (broad SMARTS) is 2. The number of alkyl halides is 6. The molecule has 214 valence electrons. The van der Waals surface area contributed by atoms with Crippen LogP contribution in [0.15, 0.2) is 10.7 Å². The minimum Gasteiger partial charge on any atom is -0.475 e. The summed E-state index contributed by atoms with van der Waals surface area (Å²) < 4.78 is 71.2. The summed E-state index contributed by atoms with van der Waals surface area (Å²) >= 11 is 0. The second-order valence-corrected chi connectivity index (χ2v) is 8.74. The van der Waals surface area contributed by atoms with E-state index in [4.69, 9.17) is 29.3 Å². The number of halogens is 6. The summed E-state index contributed by atoms with van der Waals surface area (Å²) in [6.07, 6.45) is -4.38. The number of carboxylic acids is 2. The Bertz CT molecular complexity index is 1030. The smallest absolute Gasteiger partial charge is 0.475 e. The normalized spacial score (nSPS) is 16.5. The number of rotatable bonds is 4. The van der Waals surface area contributed by atoms with Gasteiger partial charge in [-0.25, -0.2) is 14.6 Å². The summed E-state index contributed by atoms with van der Waals surface area (Å²) in [4.78, 5) is 27.5. The van der Waals surface area contributed by atoms with Gasteiger partial charge in [0.15, 0.2) is 0 Å². The van der Waals surface area contributed by atoms with Crippen molar-refractivity contribution in [3.8, 4) is 0 Å².